The van der Waals surface area contributed by atoms with Crippen LogP contribution in [0.2, 0.25) is 0 Å². The molecule has 3 rings (SSSR count). The predicted octanol–water partition coefficient (Wildman–Crippen LogP) is 1.06. The van der Waals surface area contributed by atoms with Crippen LogP contribution in [-0.4, -0.2) is 58.8 Å². The summed E-state index contributed by atoms with van der Waals surface area (Å²) < 4.78 is 13.0. The first-order chi connectivity index (χ1) is 11.3. The van der Waals surface area contributed by atoms with Gasteiger partial charge in [0.2, 0.25) is 5.95 Å². The molecule has 3 heterocycles. The van der Waals surface area contributed by atoms with Crippen molar-refractivity contribution in [3.05, 3.63) is 36.4 Å². The monoisotopic (exact) mass is 317 g/mol. The van der Waals surface area contributed by atoms with Crippen LogP contribution in [0.5, 0.6) is 0 Å². The molecular formula is C16H23N5O2. The van der Waals surface area contributed by atoms with Crippen molar-refractivity contribution in [2.45, 2.75) is 25.0 Å². The highest BCUT2D eigenvalue weighted by atomic mass is 16.5. The Labute approximate surface area is 136 Å². The van der Waals surface area contributed by atoms with Crippen molar-refractivity contribution in [2.24, 2.45) is 7.05 Å². The Kier molecular flexibility index (Phi) is 5.19. The maximum Gasteiger partial charge on any atom is 0.225 e. The molecule has 0 aromatic carbocycles. The third-order valence-electron chi connectivity index (χ3n) is 4.12. The molecule has 0 unspecified atom stereocenters. The number of methoxy groups -OCH3 is 1. The number of aryl methyl sites for hydroxylation is 1. The van der Waals surface area contributed by atoms with Gasteiger partial charge in [-0.05, 0) is 24.5 Å². The van der Waals surface area contributed by atoms with Crippen LogP contribution >= 0.6 is 0 Å². The first kappa shape index (κ1) is 15.9. The Morgan fingerprint density at radius 1 is 1.26 bits per heavy atom. The maximum absolute atomic E-state index is 6.04. The van der Waals surface area contributed by atoms with Gasteiger partial charge in [0.05, 0.1) is 31.6 Å². The highest BCUT2D eigenvalue weighted by Crippen LogP contribution is 2.27. The van der Waals surface area contributed by atoms with Crippen LogP contribution in [0.25, 0.3) is 0 Å². The van der Waals surface area contributed by atoms with E-state index in [0.29, 0.717) is 13.2 Å². The van der Waals surface area contributed by atoms with Gasteiger partial charge in [-0.15, -0.1) is 0 Å². The van der Waals surface area contributed by atoms with Crippen molar-refractivity contribution >= 4 is 5.95 Å². The van der Waals surface area contributed by atoms with Crippen molar-refractivity contribution in [2.75, 3.05) is 31.8 Å². The van der Waals surface area contributed by atoms with E-state index in [1.165, 1.54) is 5.56 Å². The standard InChI is InChI=1S/C16H23N5O2/c1-20-12-13(11-19-20)10-14-15(23-9-8-22-2)4-7-21(14)16-17-5-3-6-18-16/h3,5-6,11-12,14-15H,4,7-10H2,1-2H3/t14-,15+/m1/s1. The summed E-state index contributed by atoms with van der Waals surface area (Å²) in [6.45, 7) is 2.11. The van der Waals surface area contributed by atoms with Crippen molar-refractivity contribution in [1.29, 1.82) is 0 Å². The minimum Gasteiger partial charge on any atom is -0.382 e. The normalized spacial score (nSPS) is 21.0. The molecule has 2 aromatic heterocycles. The Balaban J connectivity index is 1.75. The van der Waals surface area contributed by atoms with Crippen molar-refractivity contribution in [3.8, 4) is 0 Å². The first-order valence-electron chi connectivity index (χ1n) is 7.89. The van der Waals surface area contributed by atoms with Gasteiger partial charge in [-0.1, -0.05) is 0 Å². The summed E-state index contributed by atoms with van der Waals surface area (Å²) in [4.78, 5) is 11.0. The molecule has 0 aliphatic carbocycles. The molecule has 0 saturated carbocycles. The number of aromatic nitrogens is 4. The molecule has 2 aromatic rings. The average Bonchev–Trinajstić information content (AvgIpc) is 3.16. The second-order valence-corrected chi connectivity index (χ2v) is 5.73. The summed E-state index contributed by atoms with van der Waals surface area (Å²) in [5.74, 6) is 0.763. The minimum atomic E-state index is 0.147. The molecule has 1 saturated heterocycles. The lowest BCUT2D eigenvalue weighted by molar-refractivity contribution is 0.0136. The molecular weight excluding hydrogens is 294 g/mol. The number of anilines is 1. The molecule has 7 heteroatoms. The summed E-state index contributed by atoms with van der Waals surface area (Å²) in [6, 6.07) is 2.04. The first-order valence-corrected chi connectivity index (χ1v) is 7.89. The van der Waals surface area contributed by atoms with E-state index in [2.05, 4.69) is 26.2 Å². The molecule has 23 heavy (non-hydrogen) atoms. The van der Waals surface area contributed by atoms with E-state index in [1.807, 2.05) is 24.0 Å². The summed E-state index contributed by atoms with van der Waals surface area (Å²) in [6.07, 6.45) is 9.50. The van der Waals surface area contributed by atoms with Gasteiger partial charge < -0.3 is 14.4 Å². The zero-order valence-electron chi connectivity index (χ0n) is 13.6. The highest BCUT2D eigenvalue weighted by molar-refractivity contribution is 5.35. The Morgan fingerprint density at radius 2 is 2.09 bits per heavy atom. The molecule has 1 fully saturated rings. The largest absolute Gasteiger partial charge is 0.382 e. The van der Waals surface area contributed by atoms with Crippen LogP contribution < -0.4 is 4.90 Å². The molecule has 1 aliphatic rings. The zero-order valence-corrected chi connectivity index (χ0v) is 13.6. The van der Waals surface area contributed by atoms with E-state index in [-0.39, 0.29) is 12.1 Å². The highest BCUT2D eigenvalue weighted by Gasteiger charge is 2.36. The zero-order chi connectivity index (χ0) is 16.1. The molecule has 1 aliphatic heterocycles. The predicted molar refractivity (Wildman–Crippen MR) is 86.3 cm³/mol. The Morgan fingerprint density at radius 3 is 2.78 bits per heavy atom. The van der Waals surface area contributed by atoms with Gasteiger partial charge in [0.1, 0.15) is 0 Å². The summed E-state index contributed by atoms with van der Waals surface area (Å²) in [7, 11) is 3.62. The second kappa shape index (κ2) is 7.52. The van der Waals surface area contributed by atoms with Gasteiger partial charge >= 0.3 is 0 Å². The summed E-state index contributed by atoms with van der Waals surface area (Å²) in [5, 5.41) is 4.26. The van der Waals surface area contributed by atoms with Crippen LogP contribution in [0.15, 0.2) is 30.9 Å². The maximum atomic E-state index is 6.04. The van der Waals surface area contributed by atoms with Gasteiger partial charge in [0.15, 0.2) is 0 Å². The SMILES string of the molecule is COCCO[C@H]1CCN(c2ncccn2)[C@@H]1Cc1cnn(C)c1. The van der Waals surface area contributed by atoms with Crippen LogP contribution in [0.3, 0.4) is 0 Å². The van der Waals surface area contributed by atoms with Crippen molar-refractivity contribution in [3.63, 3.8) is 0 Å². The number of hydrogen-bond acceptors (Lipinski definition) is 6. The minimum absolute atomic E-state index is 0.147. The van der Waals surface area contributed by atoms with Gasteiger partial charge in [0.25, 0.3) is 0 Å². The van der Waals surface area contributed by atoms with Gasteiger partial charge in [-0.2, -0.15) is 5.10 Å². The number of ether oxygens (including phenoxy) is 2. The van der Waals surface area contributed by atoms with E-state index in [1.54, 1.807) is 19.5 Å². The fourth-order valence-corrected chi connectivity index (χ4v) is 3.05. The Hall–Kier alpha value is -1.99. The molecule has 2 atom stereocenters. The van der Waals surface area contributed by atoms with Gasteiger partial charge in [0, 0.05) is 39.3 Å². The van der Waals surface area contributed by atoms with Crippen molar-refractivity contribution < 1.29 is 9.47 Å². The van der Waals surface area contributed by atoms with E-state index in [0.717, 1.165) is 25.3 Å². The number of nitrogens with zero attached hydrogens (tertiary/aromatic N) is 5. The van der Waals surface area contributed by atoms with Crippen molar-refractivity contribution in [1.82, 2.24) is 19.7 Å². The lowest BCUT2D eigenvalue weighted by Gasteiger charge is -2.27. The smallest absolute Gasteiger partial charge is 0.225 e. The molecule has 0 radical (unpaired) electrons. The molecule has 0 spiro atoms. The fraction of sp³-hybridized carbons (Fsp3) is 0.562. The summed E-state index contributed by atoms with van der Waals surface area (Å²) >= 11 is 0. The Bertz CT molecular complexity index is 604. The van der Waals surface area contributed by atoms with E-state index >= 15 is 0 Å². The number of rotatable bonds is 7. The van der Waals surface area contributed by atoms with Gasteiger partial charge in [-0.3, -0.25) is 4.68 Å². The van der Waals surface area contributed by atoms with Crippen LogP contribution in [0.4, 0.5) is 5.95 Å². The quantitative estimate of drug-likeness (QED) is 0.712. The molecule has 124 valence electrons. The number of hydrogen-bond donors (Lipinski definition) is 0. The molecule has 0 N–H and O–H groups in total. The van der Waals surface area contributed by atoms with E-state index < -0.39 is 0 Å². The van der Waals surface area contributed by atoms with E-state index in [4.69, 9.17) is 9.47 Å². The van der Waals surface area contributed by atoms with Gasteiger partial charge in [-0.25, -0.2) is 9.97 Å². The van der Waals surface area contributed by atoms with E-state index in [9.17, 15) is 0 Å². The summed E-state index contributed by atoms with van der Waals surface area (Å²) in [5.41, 5.74) is 1.20. The van der Waals surface area contributed by atoms with Crippen LogP contribution in [0, 0.1) is 0 Å². The lowest BCUT2D eigenvalue weighted by atomic mass is 10.0. The lowest BCUT2D eigenvalue weighted by Crippen LogP contribution is -2.39. The topological polar surface area (TPSA) is 65.3 Å². The average molecular weight is 317 g/mol. The third kappa shape index (κ3) is 3.86. The fourth-order valence-electron chi connectivity index (χ4n) is 3.05. The third-order valence-corrected chi connectivity index (χ3v) is 4.12. The molecule has 7 nitrogen and oxygen atoms in total. The molecule has 0 bridgehead atoms. The molecule has 0 amide bonds. The second-order valence-electron chi connectivity index (χ2n) is 5.73. The van der Waals surface area contributed by atoms with Crippen LogP contribution in [0.1, 0.15) is 12.0 Å². The van der Waals surface area contributed by atoms with Crippen LogP contribution in [-0.2, 0) is 22.9 Å².